The van der Waals surface area contributed by atoms with Gasteiger partial charge in [0, 0.05) is 3.57 Å². The highest BCUT2D eigenvalue weighted by Gasteiger charge is 2.02. The van der Waals surface area contributed by atoms with Crippen LogP contribution in [-0.2, 0) is 0 Å². The van der Waals surface area contributed by atoms with Crippen LogP contribution in [0.4, 0.5) is 0 Å². The van der Waals surface area contributed by atoms with Crippen molar-refractivity contribution in [2.24, 2.45) is 0 Å². The number of rotatable bonds is 1. The molecule has 1 rings (SSSR count). The van der Waals surface area contributed by atoms with E-state index in [0.29, 0.717) is 0 Å². The van der Waals surface area contributed by atoms with Crippen molar-refractivity contribution in [3.63, 3.8) is 0 Å². The molecule has 0 fully saturated rings. The number of hydrogen-bond donors (Lipinski definition) is 0. The van der Waals surface area contributed by atoms with Gasteiger partial charge in [0.1, 0.15) is 0 Å². The minimum Gasteiger partial charge on any atom is -0.118 e. The van der Waals surface area contributed by atoms with Crippen molar-refractivity contribution >= 4 is 45.8 Å². The van der Waals surface area contributed by atoms with Crippen molar-refractivity contribution in [1.29, 1.82) is 0 Å². The highest BCUT2D eigenvalue weighted by molar-refractivity contribution is 14.1. The maximum Gasteiger partial charge on any atom is 0.0557 e. The zero-order valence-corrected chi connectivity index (χ0v) is 9.61. The SMILES string of the molecule is CC(Cl)c1ccc(I)c(Cl)c1. The van der Waals surface area contributed by atoms with Gasteiger partial charge in [-0.2, -0.15) is 0 Å². The van der Waals surface area contributed by atoms with Gasteiger partial charge in [-0.3, -0.25) is 0 Å². The van der Waals surface area contributed by atoms with E-state index >= 15 is 0 Å². The normalized spacial score (nSPS) is 13.1. The zero-order valence-electron chi connectivity index (χ0n) is 5.94. The van der Waals surface area contributed by atoms with E-state index in [1.165, 1.54) is 0 Å². The molecule has 0 aliphatic heterocycles. The smallest absolute Gasteiger partial charge is 0.0557 e. The minimum atomic E-state index is 0.0319. The van der Waals surface area contributed by atoms with Gasteiger partial charge in [-0.25, -0.2) is 0 Å². The first kappa shape index (κ1) is 9.62. The van der Waals surface area contributed by atoms with Crippen molar-refractivity contribution in [1.82, 2.24) is 0 Å². The van der Waals surface area contributed by atoms with Crippen molar-refractivity contribution in [3.8, 4) is 0 Å². The fraction of sp³-hybridized carbons (Fsp3) is 0.250. The van der Waals surface area contributed by atoms with Crippen LogP contribution in [0, 0.1) is 3.57 Å². The summed E-state index contributed by atoms with van der Waals surface area (Å²) in [4.78, 5) is 0. The standard InChI is InChI=1S/C8H7Cl2I/c1-5(9)6-2-3-8(11)7(10)4-6/h2-5H,1H3. The third-order valence-electron chi connectivity index (χ3n) is 1.40. The third kappa shape index (κ3) is 2.49. The third-order valence-corrected chi connectivity index (χ3v) is 3.23. The van der Waals surface area contributed by atoms with Gasteiger partial charge in [0.05, 0.1) is 10.4 Å². The predicted octanol–water partition coefficient (Wildman–Crippen LogP) is 4.24. The topological polar surface area (TPSA) is 0 Å². The summed E-state index contributed by atoms with van der Waals surface area (Å²) in [5, 5.41) is 0.806. The molecule has 0 heterocycles. The largest absolute Gasteiger partial charge is 0.118 e. The fourth-order valence-corrected chi connectivity index (χ4v) is 1.42. The molecule has 1 atom stereocenters. The zero-order chi connectivity index (χ0) is 8.43. The van der Waals surface area contributed by atoms with E-state index in [9.17, 15) is 0 Å². The quantitative estimate of drug-likeness (QED) is 0.537. The van der Waals surface area contributed by atoms with E-state index in [2.05, 4.69) is 22.6 Å². The molecule has 60 valence electrons. The Balaban J connectivity index is 3.05. The molecule has 0 aliphatic rings. The summed E-state index contributed by atoms with van der Waals surface area (Å²) in [5.74, 6) is 0. The second-order valence-corrected chi connectivity index (χ2v) is 4.51. The molecule has 0 saturated heterocycles. The lowest BCUT2D eigenvalue weighted by Crippen LogP contribution is -1.84. The number of benzene rings is 1. The number of hydrogen-bond acceptors (Lipinski definition) is 0. The summed E-state index contributed by atoms with van der Waals surface area (Å²) in [7, 11) is 0. The second kappa shape index (κ2) is 3.97. The lowest BCUT2D eigenvalue weighted by Gasteiger charge is -2.03. The lowest BCUT2D eigenvalue weighted by molar-refractivity contribution is 1.08. The maximum absolute atomic E-state index is 5.89. The molecular weight excluding hydrogens is 294 g/mol. The van der Waals surface area contributed by atoms with Gasteiger partial charge in [0.2, 0.25) is 0 Å². The Hall–Kier alpha value is 0.530. The van der Waals surface area contributed by atoms with E-state index in [1.807, 2.05) is 25.1 Å². The molecule has 0 N–H and O–H groups in total. The van der Waals surface area contributed by atoms with Crippen LogP contribution in [0.3, 0.4) is 0 Å². The van der Waals surface area contributed by atoms with Crippen LogP contribution in [-0.4, -0.2) is 0 Å². The molecule has 1 unspecified atom stereocenters. The van der Waals surface area contributed by atoms with Gasteiger partial charge in [-0.15, -0.1) is 11.6 Å². The van der Waals surface area contributed by atoms with Gasteiger partial charge in [0.25, 0.3) is 0 Å². The fourth-order valence-electron chi connectivity index (χ4n) is 0.760. The van der Waals surface area contributed by atoms with Gasteiger partial charge < -0.3 is 0 Å². The average Bonchev–Trinajstić information content (AvgIpc) is 1.94. The Kier molecular flexibility index (Phi) is 3.47. The summed E-state index contributed by atoms with van der Waals surface area (Å²) in [6, 6.07) is 5.86. The Morgan fingerprint density at radius 2 is 2.09 bits per heavy atom. The first-order chi connectivity index (χ1) is 5.11. The second-order valence-electron chi connectivity index (χ2n) is 2.29. The summed E-state index contributed by atoms with van der Waals surface area (Å²) < 4.78 is 1.06. The Morgan fingerprint density at radius 3 is 2.55 bits per heavy atom. The summed E-state index contributed by atoms with van der Waals surface area (Å²) >= 11 is 13.9. The van der Waals surface area contributed by atoms with Crippen molar-refractivity contribution < 1.29 is 0 Å². The highest BCUT2D eigenvalue weighted by Crippen LogP contribution is 2.25. The van der Waals surface area contributed by atoms with E-state index < -0.39 is 0 Å². The van der Waals surface area contributed by atoms with Crippen LogP contribution < -0.4 is 0 Å². The predicted molar refractivity (Wildman–Crippen MR) is 58.4 cm³/mol. The van der Waals surface area contributed by atoms with E-state index in [-0.39, 0.29) is 5.38 Å². The molecule has 0 aromatic heterocycles. The van der Waals surface area contributed by atoms with E-state index in [0.717, 1.165) is 14.2 Å². The molecular formula is C8H7Cl2I. The van der Waals surface area contributed by atoms with Gasteiger partial charge >= 0.3 is 0 Å². The maximum atomic E-state index is 5.89. The molecule has 11 heavy (non-hydrogen) atoms. The molecule has 1 aromatic carbocycles. The Morgan fingerprint density at radius 1 is 1.45 bits per heavy atom. The monoisotopic (exact) mass is 300 g/mol. The molecule has 1 aromatic rings. The minimum absolute atomic E-state index is 0.0319. The Bertz CT molecular complexity index is 258. The number of alkyl halides is 1. The van der Waals surface area contributed by atoms with Crippen LogP contribution in [0.2, 0.25) is 5.02 Å². The molecule has 0 radical (unpaired) electrons. The van der Waals surface area contributed by atoms with Crippen LogP contribution in [0.1, 0.15) is 17.9 Å². The first-order valence-corrected chi connectivity index (χ1v) is 5.09. The van der Waals surface area contributed by atoms with Crippen molar-refractivity contribution in [2.45, 2.75) is 12.3 Å². The van der Waals surface area contributed by atoms with Gasteiger partial charge in [-0.1, -0.05) is 17.7 Å². The molecule has 0 amide bonds. The summed E-state index contributed by atoms with van der Waals surface area (Å²) in [6.07, 6.45) is 0. The average molecular weight is 301 g/mol. The van der Waals surface area contributed by atoms with Crippen molar-refractivity contribution in [2.75, 3.05) is 0 Å². The summed E-state index contributed by atoms with van der Waals surface area (Å²) in [5.41, 5.74) is 1.07. The number of halogens is 3. The summed E-state index contributed by atoms with van der Waals surface area (Å²) in [6.45, 7) is 1.93. The molecule has 0 saturated carbocycles. The molecule has 3 heteroatoms. The molecule has 0 bridgehead atoms. The van der Waals surface area contributed by atoms with Gasteiger partial charge in [0.15, 0.2) is 0 Å². The highest BCUT2D eigenvalue weighted by atomic mass is 127. The molecule has 0 nitrogen and oxygen atoms in total. The van der Waals surface area contributed by atoms with Gasteiger partial charge in [-0.05, 0) is 47.2 Å². The van der Waals surface area contributed by atoms with Crippen molar-refractivity contribution in [3.05, 3.63) is 32.4 Å². The molecule has 0 aliphatic carbocycles. The van der Waals surface area contributed by atoms with Crippen LogP contribution in [0.25, 0.3) is 0 Å². The van der Waals surface area contributed by atoms with Crippen LogP contribution >= 0.6 is 45.8 Å². The molecule has 0 spiro atoms. The first-order valence-electron chi connectivity index (χ1n) is 3.20. The lowest BCUT2D eigenvalue weighted by atomic mass is 10.2. The van der Waals surface area contributed by atoms with E-state index in [1.54, 1.807) is 0 Å². The van der Waals surface area contributed by atoms with Crippen LogP contribution in [0.15, 0.2) is 18.2 Å². The van der Waals surface area contributed by atoms with Crippen LogP contribution in [0.5, 0.6) is 0 Å². The Labute approximate surface area is 90.0 Å². The van der Waals surface area contributed by atoms with E-state index in [4.69, 9.17) is 23.2 Å².